The third-order valence-corrected chi connectivity index (χ3v) is 5.61. The molecule has 0 saturated carbocycles. The number of hydrogen-bond donors (Lipinski definition) is 1. The Bertz CT molecular complexity index is 965. The molecule has 3 rings (SSSR count). The summed E-state index contributed by atoms with van der Waals surface area (Å²) in [7, 11) is 1.52. The first-order valence-electron chi connectivity index (χ1n) is 10.6. The van der Waals surface area contributed by atoms with Gasteiger partial charge in [0, 0.05) is 26.1 Å². The number of amides is 3. The highest BCUT2D eigenvalue weighted by molar-refractivity contribution is 6.11. The Balaban J connectivity index is 1.75. The Kier molecular flexibility index (Phi) is 7.58. The van der Waals surface area contributed by atoms with Crippen LogP contribution in [0.1, 0.15) is 30.9 Å². The van der Waals surface area contributed by atoms with E-state index in [9.17, 15) is 14.4 Å². The zero-order chi connectivity index (χ0) is 23.1. The predicted molar refractivity (Wildman–Crippen MR) is 118 cm³/mol. The van der Waals surface area contributed by atoms with E-state index < -0.39 is 5.41 Å². The van der Waals surface area contributed by atoms with Crippen LogP contribution in [-0.2, 0) is 24.5 Å². The number of rotatable bonds is 10. The molecule has 2 atom stereocenters. The van der Waals surface area contributed by atoms with Crippen molar-refractivity contribution in [1.29, 1.82) is 0 Å². The van der Waals surface area contributed by atoms with Gasteiger partial charge in [-0.05, 0) is 37.1 Å². The number of imide groups is 1. The Hall–Kier alpha value is -3.26. The van der Waals surface area contributed by atoms with E-state index in [0.717, 1.165) is 5.56 Å². The van der Waals surface area contributed by atoms with Gasteiger partial charge in [-0.25, -0.2) is 0 Å². The number of pyridine rings is 1. The molecule has 0 bridgehead atoms. The molecule has 32 heavy (non-hydrogen) atoms. The molecular weight excluding hydrogens is 410 g/mol. The fourth-order valence-corrected chi connectivity index (χ4v) is 4.05. The Morgan fingerprint density at radius 1 is 1.25 bits per heavy atom. The van der Waals surface area contributed by atoms with Crippen molar-refractivity contribution in [3.8, 4) is 5.75 Å². The fraction of sp³-hybridized carbons (Fsp3) is 0.417. The van der Waals surface area contributed by atoms with Gasteiger partial charge in [-0.3, -0.25) is 24.3 Å². The first kappa shape index (κ1) is 23.4. The van der Waals surface area contributed by atoms with Crippen molar-refractivity contribution in [2.75, 3.05) is 26.8 Å². The van der Waals surface area contributed by atoms with Crippen molar-refractivity contribution < 1.29 is 23.9 Å². The van der Waals surface area contributed by atoms with E-state index in [-0.39, 0.29) is 56.4 Å². The molecule has 0 aliphatic carbocycles. The minimum atomic E-state index is -1.23. The van der Waals surface area contributed by atoms with E-state index in [0.29, 0.717) is 11.3 Å². The highest BCUT2D eigenvalue weighted by Gasteiger charge is 2.54. The van der Waals surface area contributed by atoms with Gasteiger partial charge >= 0.3 is 0 Å². The molecule has 8 nitrogen and oxygen atoms in total. The van der Waals surface area contributed by atoms with Gasteiger partial charge in [-0.1, -0.05) is 24.3 Å². The maximum absolute atomic E-state index is 13.4. The summed E-state index contributed by atoms with van der Waals surface area (Å²) in [5, 5.41) is 2.85. The summed E-state index contributed by atoms with van der Waals surface area (Å²) in [5.74, 6) is -0.361. The van der Waals surface area contributed by atoms with Crippen molar-refractivity contribution in [3.63, 3.8) is 0 Å². The highest BCUT2D eigenvalue weighted by Crippen LogP contribution is 2.41. The molecule has 8 heteroatoms. The SMILES string of the molecule is COCCN1C(=O)CC(CC(=O)NCC(C)Oc2cccnc2)(c2ccccc2C)C1=O. The highest BCUT2D eigenvalue weighted by atomic mass is 16.5. The van der Waals surface area contributed by atoms with Gasteiger partial charge in [0.15, 0.2) is 0 Å². The third-order valence-electron chi connectivity index (χ3n) is 5.61. The molecule has 1 N–H and O–H groups in total. The monoisotopic (exact) mass is 439 g/mol. The zero-order valence-corrected chi connectivity index (χ0v) is 18.7. The van der Waals surface area contributed by atoms with Gasteiger partial charge in [0.25, 0.3) is 0 Å². The maximum atomic E-state index is 13.4. The number of carbonyl (C=O) groups excluding carboxylic acids is 3. The smallest absolute Gasteiger partial charge is 0.240 e. The standard InChI is InChI=1S/C24H29N3O5/c1-17-7-4-5-9-20(17)24(14-22(29)27(23(24)30)11-12-31-3)13-21(28)26-15-18(2)32-19-8-6-10-25-16-19/h4-10,16,18H,11-15H2,1-3H3,(H,26,28). The summed E-state index contributed by atoms with van der Waals surface area (Å²) in [6.07, 6.45) is 2.79. The third kappa shape index (κ3) is 5.13. The number of aromatic nitrogens is 1. The molecule has 1 fully saturated rings. The summed E-state index contributed by atoms with van der Waals surface area (Å²) >= 11 is 0. The van der Waals surface area contributed by atoms with Crippen molar-refractivity contribution >= 4 is 17.7 Å². The van der Waals surface area contributed by atoms with Crippen molar-refractivity contribution in [1.82, 2.24) is 15.2 Å². The van der Waals surface area contributed by atoms with Gasteiger partial charge in [-0.2, -0.15) is 0 Å². The van der Waals surface area contributed by atoms with Gasteiger partial charge in [-0.15, -0.1) is 0 Å². The molecule has 2 unspecified atom stereocenters. The molecule has 2 heterocycles. The Morgan fingerprint density at radius 3 is 2.72 bits per heavy atom. The fourth-order valence-electron chi connectivity index (χ4n) is 4.05. The lowest BCUT2D eigenvalue weighted by molar-refractivity contribution is -0.141. The number of methoxy groups -OCH3 is 1. The second-order valence-corrected chi connectivity index (χ2v) is 8.02. The molecule has 1 aromatic carbocycles. The first-order chi connectivity index (χ1) is 15.4. The number of likely N-dealkylation sites (tertiary alicyclic amines) is 1. The van der Waals surface area contributed by atoms with E-state index in [2.05, 4.69) is 10.3 Å². The first-order valence-corrected chi connectivity index (χ1v) is 10.6. The topological polar surface area (TPSA) is 97.8 Å². The normalized spacial score (nSPS) is 19.2. The van der Waals surface area contributed by atoms with Crippen LogP contribution in [0.4, 0.5) is 0 Å². The van der Waals surface area contributed by atoms with Crippen LogP contribution in [-0.4, -0.2) is 60.5 Å². The Morgan fingerprint density at radius 2 is 2.03 bits per heavy atom. The molecule has 1 aliphatic rings. The molecule has 2 aromatic rings. The number of nitrogens with zero attached hydrogens (tertiary/aromatic N) is 2. The molecule has 0 spiro atoms. The lowest BCUT2D eigenvalue weighted by Crippen LogP contribution is -2.44. The summed E-state index contributed by atoms with van der Waals surface area (Å²) in [5.41, 5.74) is 0.338. The van der Waals surface area contributed by atoms with E-state index in [4.69, 9.17) is 9.47 Å². The average molecular weight is 440 g/mol. The predicted octanol–water partition coefficient (Wildman–Crippen LogP) is 2.01. The largest absolute Gasteiger partial charge is 0.487 e. The molecule has 3 amide bonds. The minimum absolute atomic E-state index is 0.0461. The zero-order valence-electron chi connectivity index (χ0n) is 18.7. The van der Waals surface area contributed by atoms with Gasteiger partial charge in [0.2, 0.25) is 17.7 Å². The van der Waals surface area contributed by atoms with Crippen molar-refractivity contribution in [2.45, 2.75) is 38.2 Å². The molecule has 1 saturated heterocycles. The summed E-state index contributed by atoms with van der Waals surface area (Å²) in [6.45, 7) is 4.39. The second-order valence-electron chi connectivity index (χ2n) is 8.02. The van der Waals surface area contributed by atoms with E-state index >= 15 is 0 Å². The van der Waals surface area contributed by atoms with Crippen LogP contribution < -0.4 is 10.1 Å². The van der Waals surface area contributed by atoms with Crippen LogP contribution in [0.25, 0.3) is 0 Å². The summed E-state index contributed by atoms with van der Waals surface area (Å²) in [6, 6.07) is 11.0. The van der Waals surface area contributed by atoms with Crippen molar-refractivity contribution in [3.05, 3.63) is 59.9 Å². The number of carbonyl (C=O) groups is 3. The molecule has 170 valence electrons. The van der Waals surface area contributed by atoms with E-state index in [1.54, 1.807) is 24.5 Å². The van der Waals surface area contributed by atoms with Gasteiger partial charge < -0.3 is 14.8 Å². The lowest BCUT2D eigenvalue weighted by atomic mass is 9.74. The van der Waals surface area contributed by atoms with Crippen LogP contribution in [0.3, 0.4) is 0 Å². The van der Waals surface area contributed by atoms with Crippen molar-refractivity contribution in [2.24, 2.45) is 0 Å². The maximum Gasteiger partial charge on any atom is 0.240 e. The average Bonchev–Trinajstić information content (AvgIpc) is 3.01. The van der Waals surface area contributed by atoms with E-state index in [1.165, 1.54) is 12.0 Å². The van der Waals surface area contributed by atoms with Gasteiger partial charge in [0.1, 0.15) is 11.9 Å². The van der Waals surface area contributed by atoms with E-state index in [1.807, 2.05) is 38.1 Å². The Labute approximate surface area is 187 Å². The summed E-state index contributed by atoms with van der Waals surface area (Å²) < 4.78 is 10.8. The van der Waals surface area contributed by atoms with Crippen LogP contribution in [0.15, 0.2) is 48.8 Å². The van der Waals surface area contributed by atoms with Gasteiger partial charge in [0.05, 0.1) is 31.3 Å². The number of benzene rings is 1. The molecule has 1 aromatic heterocycles. The van der Waals surface area contributed by atoms with Crippen LogP contribution in [0.5, 0.6) is 5.75 Å². The van der Waals surface area contributed by atoms with Crippen LogP contribution >= 0.6 is 0 Å². The number of aryl methyl sites for hydroxylation is 1. The molecular formula is C24H29N3O5. The number of ether oxygens (including phenoxy) is 2. The number of hydrogen-bond acceptors (Lipinski definition) is 6. The quantitative estimate of drug-likeness (QED) is 0.569. The molecule has 1 aliphatic heterocycles. The molecule has 0 radical (unpaired) electrons. The lowest BCUT2D eigenvalue weighted by Gasteiger charge is -2.28. The summed E-state index contributed by atoms with van der Waals surface area (Å²) in [4.78, 5) is 44.3. The second kappa shape index (κ2) is 10.4. The minimum Gasteiger partial charge on any atom is -0.487 e. The van der Waals surface area contributed by atoms with Crippen LogP contribution in [0, 0.1) is 6.92 Å². The number of nitrogens with one attached hydrogen (secondary N) is 1. The van der Waals surface area contributed by atoms with Crippen LogP contribution in [0.2, 0.25) is 0 Å².